The molecule has 1 amide bonds. The fourth-order valence-corrected chi connectivity index (χ4v) is 2.71. The molecule has 5 heteroatoms. The highest BCUT2D eigenvalue weighted by molar-refractivity contribution is 7.07. The Morgan fingerprint density at radius 1 is 1.40 bits per heavy atom. The van der Waals surface area contributed by atoms with E-state index in [9.17, 15) is 4.79 Å². The second kappa shape index (κ2) is 4.94. The first-order valence-electron chi connectivity index (χ1n) is 6.10. The highest BCUT2D eigenvalue weighted by Gasteiger charge is 2.08. The summed E-state index contributed by atoms with van der Waals surface area (Å²) in [5.74, 6) is -0.494. The third-order valence-corrected chi connectivity index (χ3v) is 3.87. The van der Waals surface area contributed by atoms with Crippen LogP contribution >= 0.6 is 11.3 Å². The average molecular weight is 283 g/mol. The first kappa shape index (κ1) is 12.6. The van der Waals surface area contributed by atoms with Gasteiger partial charge < -0.3 is 10.3 Å². The number of amides is 1. The summed E-state index contributed by atoms with van der Waals surface area (Å²) in [4.78, 5) is 15.5. The number of hydrogen-bond donors (Lipinski definition) is 1. The molecule has 4 nitrogen and oxygen atoms in total. The van der Waals surface area contributed by atoms with Gasteiger partial charge in [0.15, 0.2) is 0 Å². The van der Waals surface area contributed by atoms with Crippen LogP contribution in [-0.4, -0.2) is 15.5 Å². The van der Waals surface area contributed by atoms with Gasteiger partial charge in [-0.25, -0.2) is 4.98 Å². The molecule has 2 N–H and O–H groups in total. The molecule has 0 spiro atoms. The summed E-state index contributed by atoms with van der Waals surface area (Å²) in [6.07, 6.45) is 2.01. The normalized spacial score (nSPS) is 10.8. The first-order chi connectivity index (χ1) is 9.65. The lowest BCUT2D eigenvalue weighted by Crippen LogP contribution is -2.11. The second-order valence-corrected chi connectivity index (χ2v) is 5.26. The zero-order chi connectivity index (χ0) is 14.1. The zero-order valence-corrected chi connectivity index (χ0v) is 11.6. The van der Waals surface area contributed by atoms with Crippen molar-refractivity contribution in [1.29, 1.82) is 0 Å². The smallest absolute Gasteiger partial charge is 0.248 e. The fraction of sp³-hybridized carbons (Fsp3) is 0.0667. The van der Waals surface area contributed by atoms with E-state index >= 15 is 0 Å². The lowest BCUT2D eigenvalue weighted by Gasteiger charge is -2.05. The number of carbonyl (C=O) groups excluding carboxylic acids is 1. The quantitative estimate of drug-likeness (QED) is 0.748. The van der Waals surface area contributed by atoms with Crippen molar-refractivity contribution in [2.75, 3.05) is 0 Å². The van der Waals surface area contributed by atoms with Crippen molar-refractivity contribution < 1.29 is 4.79 Å². The Kier molecular flexibility index (Phi) is 3.12. The molecule has 2 aromatic heterocycles. The summed E-state index contributed by atoms with van der Waals surface area (Å²) < 4.78 is 2.13. The van der Waals surface area contributed by atoms with Crippen molar-refractivity contribution in [2.45, 2.75) is 6.54 Å². The first-order valence-corrected chi connectivity index (χ1v) is 7.04. The Hall–Kier alpha value is -2.40. The van der Waals surface area contributed by atoms with E-state index in [0.29, 0.717) is 5.57 Å². The van der Waals surface area contributed by atoms with Gasteiger partial charge in [-0.15, -0.1) is 11.3 Å². The molecule has 0 saturated carbocycles. The van der Waals surface area contributed by atoms with Gasteiger partial charge in [0.05, 0.1) is 17.7 Å². The molecule has 0 bridgehead atoms. The molecule has 20 heavy (non-hydrogen) atoms. The number of carbonyl (C=O) groups is 1. The highest BCUT2D eigenvalue weighted by Crippen LogP contribution is 2.22. The molecule has 0 aliphatic heterocycles. The largest absolute Gasteiger partial charge is 0.366 e. The predicted octanol–water partition coefficient (Wildman–Crippen LogP) is 2.64. The van der Waals surface area contributed by atoms with E-state index in [1.165, 1.54) is 0 Å². The highest BCUT2D eigenvalue weighted by atomic mass is 32.1. The minimum Gasteiger partial charge on any atom is -0.366 e. The third kappa shape index (κ3) is 2.23. The number of rotatable bonds is 4. The lowest BCUT2D eigenvalue weighted by atomic mass is 10.1. The van der Waals surface area contributed by atoms with Crippen LogP contribution in [0.15, 0.2) is 47.9 Å². The maximum atomic E-state index is 11.2. The van der Waals surface area contributed by atoms with Crippen molar-refractivity contribution in [2.24, 2.45) is 5.73 Å². The van der Waals surface area contributed by atoms with E-state index in [-0.39, 0.29) is 0 Å². The molecule has 3 aromatic rings. The average Bonchev–Trinajstić information content (AvgIpc) is 3.08. The number of thiazole rings is 1. The monoisotopic (exact) mass is 283 g/mol. The van der Waals surface area contributed by atoms with E-state index in [1.54, 1.807) is 11.3 Å². The molecule has 0 fully saturated rings. The zero-order valence-electron chi connectivity index (χ0n) is 10.7. The Morgan fingerprint density at radius 2 is 2.25 bits per heavy atom. The second-order valence-electron chi connectivity index (χ2n) is 4.54. The summed E-state index contributed by atoms with van der Waals surface area (Å²) >= 11 is 1.59. The van der Waals surface area contributed by atoms with Gasteiger partial charge in [-0.05, 0) is 23.8 Å². The standard InChI is InChI=1S/C15H13N3OS/c1-10(15(16)19)11-2-3-14-12(6-11)4-5-18(14)7-13-8-20-9-17-13/h2-6,8-9H,1,7H2,(H2,16,19). The van der Waals surface area contributed by atoms with Crippen molar-refractivity contribution in [3.63, 3.8) is 0 Å². The van der Waals surface area contributed by atoms with Crippen LogP contribution < -0.4 is 5.73 Å². The van der Waals surface area contributed by atoms with E-state index in [0.717, 1.165) is 28.7 Å². The summed E-state index contributed by atoms with van der Waals surface area (Å²) in [5.41, 5.74) is 10.3. The molecule has 0 saturated heterocycles. The van der Waals surface area contributed by atoms with Crippen molar-refractivity contribution in [3.05, 3.63) is 59.2 Å². The van der Waals surface area contributed by atoms with Crippen LogP contribution in [0.5, 0.6) is 0 Å². The molecule has 3 rings (SSSR count). The summed E-state index contributed by atoms with van der Waals surface area (Å²) in [6.45, 7) is 4.45. The third-order valence-electron chi connectivity index (χ3n) is 3.23. The molecule has 0 aliphatic rings. The minimum atomic E-state index is -0.494. The van der Waals surface area contributed by atoms with Gasteiger partial charge in [0, 0.05) is 28.1 Å². The number of fused-ring (bicyclic) bond motifs is 1. The SMILES string of the molecule is C=C(C(N)=O)c1ccc2c(ccn2Cc2cscn2)c1. The molecule has 2 heterocycles. The number of primary amides is 1. The van der Waals surface area contributed by atoms with E-state index in [1.807, 2.05) is 41.4 Å². The summed E-state index contributed by atoms with van der Waals surface area (Å²) in [5, 5.41) is 3.09. The number of benzene rings is 1. The molecule has 1 aromatic carbocycles. The van der Waals surface area contributed by atoms with Crippen LogP contribution in [-0.2, 0) is 11.3 Å². The van der Waals surface area contributed by atoms with Crippen molar-refractivity contribution >= 4 is 33.7 Å². The van der Waals surface area contributed by atoms with Crippen LogP contribution in [0.1, 0.15) is 11.3 Å². The topological polar surface area (TPSA) is 60.9 Å². The van der Waals surface area contributed by atoms with Gasteiger partial charge in [-0.2, -0.15) is 0 Å². The number of nitrogens with two attached hydrogens (primary N) is 1. The summed E-state index contributed by atoms with van der Waals surface area (Å²) in [7, 11) is 0. The fourth-order valence-electron chi connectivity index (χ4n) is 2.16. The van der Waals surface area contributed by atoms with Crippen LogP contribution in [0.4, 0.5) is 0 Å². The molecule has 0 aliphatic carbocycles. The molecule has 0 unspecified atom stereocenters. The van der Waals surface area contributed by atoms with Gasteiger partial charge >= 0.3 is 0 Å². The van der Waals surface area contributed by atoms with Crippen molar-refractivity contribution in [1.82, 2.24) is 9.55 Å². The van der Waals surface area contributed by atoms with E-state index in [4.69, 9.17) is 5.73 Å². The van der Waals surface area contributed by atoms with Crippen LogP contribution in [0.2, 0.25) is 0 Å². The molecular weight excluding hydrogens is 270 g/mol. The van der Waals surface area contributed by atoms with Gasteiger partial charge in [0.1, 0.15) is 0 Å². The van der Waals surface area contributed by atoms with Gasteiger partial charge in [0.25, 0.3) is 0 Å². The van der Waals surface area contributed by atoms with E-state index < -0.39 is 5.91 Å². The predicted molar refractivity (Wildman–Crippen MR) is 81.4 cm³/mol. The molecule has 0 atom stereocenters. The lowest BCUT2D eigenvalue weighted by molar-refractivity contribution is -0.112. The number of aromatic nitrogens is 2. The number of hydrogen-bond acceptors (Lipinski definition) is 3. The molecular formula is C15H13N3OS. The molecule has 0 radical (unpaired) electrons. The number of nitrogens with zero attached hydrogens (tertiary/aromatic N) is 2. The Bertz CT molecular complexity index is 787. The Labute approximate surface area is 120 Å². The van der Waals surface area contributed by atoms with Gasteiger partial charge in [-0.1, -0.05) is 12.6 Å². The van der Waals surface area contributed by atoms with Gasteiger partial charge in [-0.3, -0.25) is 4.79 Å². The maximum Gasteiger partial charge on any atom is 0.248 e. The van der Waals surface area contributed by atoms with Gasteiger partial charge in [0.2, 0.25) is 5.91 Å². The Balaban J connectivity index is 1.98. The van der Waals surface area contributed by atoms with E-state index in [2.05, 4.69) is 16.1 Å². The minimum absolute atomic E-state index is 0.333. The maximum absolute atomic E-state index is 11.2. The Morgan fingerprint density at radius 3 is 2.95 bits per heavy atom. The van der Waals surface area contributed by atoms with Crippen LogP contribution in [0.25, 0.3) is 16.5 Å². The summed E-state index contributed by atoms with van der Waals surface area (Å²) in [6, 6.07) is 7.79. The van der Waals surface area contributed by atoms with Crippen LogP contribution in [0, 0.1) is 0 Å². The molecule has 100 valence electrons. The van der Waals surface area contributed by atoms with Crippen molar-refractivity contribution in [3.8, 4) is 0 Å². The van der Waals surface area contributed by atoms with Crippen LogP contribution in [0.3, 0.4) is 0 Å².